The maximum atomic E-state index is 11.5. The third kappa shape index (κ3) is 3.81. The number of ether oxygens (including phenoxy) is 1. The lowest BCUT2D eigenvalue weighted by Crippen LogP contribution is -2.25. The molecule has 0 aromatic rings. The van der Waals surface area contributed by atoms with Gasteiger partial charge in [0.05, 0.1) is 6.92 Å². The van der Waals surface area contributed by atoms with E-state index in [0.29, 0.717) is 0 Å². The molecule has 0 aliphatic heterocycles. The fourth-order valence-corrected chi connectivity index (χ4v) is 0.194. The minimum absolute atomic E-state index is 1.45. The second-order valence-corrected chi connectivity index (χ2v) is 1.25. The fraction of sp³-hybridized carbons (Fsp3) is 0.500. The van der Waals surface area contributed by atoms with E-state index in [1.807, 2.05) is 0 Å². The molecule has 0 aliphatic rings. The van der Waals surface area contributed by atoms with E-state index in [1.54, 1.807) is 0 Å². The van der Waals surface area contributed by atoms with Gasteiger partial charge in [0.1, 0.15) is 0 Å². The predicted octanol–water partition coefficient (Wildman–Crippen LogP) is 0.926. The highest BCUT2D eigenvalue weighted by Gasteiger charge is 2.32. The zero-order valence-electron chi connectivity index (χ0n) is 4.36. The van der Waals surface area contributed by atoms with Crippen LogP contribution >= 0.6 is 0 Å². The molecule has 53 valence electrons. The monoisotopic (exact) mass is 141 g/mol. The van der Waals surface area contributed by atoms with Gasteiger partial charge in [-0.05, 0) is 0 Å². The Morgan fingerprint density at radius 2 is 2.11 bits per heavy atom. The zero-order valence-corrected chi connectivity index (χ0v) is 4.36. The van der Waals surface area contributed by atoms with Crippen molar-refractivity contribution in [2.24, 2.45) is 0 Å². The smallest absolute Gasteiger partial charge is 0.399 e. The Bertz CT molecular complexity index is 112. The molecule has 0 N–H and O–H groups in total. The van der Waals surface area contributed by atoms with Crippen molar-refractivity contribution >= 4 is 5.97 Å². The first-order chi connectivity index (χ1) is 3.98. The first kappa shape index (κ1) is 8.26. The van der Waals surface area contributed by atoms with E-state index >= 15 is 0 Å². The van der Waals surface area contributed by atoms with Crippen LogP contribution in [0.1, 0.15) is 0 Å². The van der Waals surface area contributed by atoms with Crippen LogP contribution in [0.3, 0.4) is 0 Å². The number of carbonyl (C=O) groups excluding carboxylic acids is 1. The summed E-state index contributed by atoms with van der Waals surface area (Å²) in [6.07, 6.45) is -4.02. The van der Waals surface area contributed by atoms with Crippen molar-refractivity contribution in [3.05, 3.63) is 6.92 Å². The number of alkyl halides is 3. The molecular formula is C4H4F3O2. The average Bonchev–Trinajstić information content (AvgIpc) is 1.63. The Morgan fingerprint density at radius 1 is 1.67 bits per heavy atom. The Kier molecular flexibility index (Phi) is 2.48. The number of halogens is 3. The van der Waals surface area contributed by atoms with Gasteiger partial charge in [-0.1, -0.05) is 0 Å². The molecule has 5 heteroatoms. The highest BCUT2D eigenvalue weighted by molar-refractivity contribution is 5.73. The molecule has 0 aromatic heterocycles. The summed E-state index contributed by atoms with van der Waals surface area (Å²) in [6, 6.07) is 0. The van der Waals surface area contributed by atoms with Crippen molar-refractivity contribution in [3.63, 3.8) is 0 Å². The predicted molar refractivity (Wildman–Crippen MR) is 22.4 cm³/mol. The van der Waals surface area contributed by atoms with Crippen LogP contribution in [0.5, 0.6) is 0 Å². The first-order valence-electron chi connectivity index (χ1n) is 1.96. The molecule has 0 atom stereocenters. The van der Waals surface area contributed by atoms with Gasteiger partial charge in [-0.25, -0.2) is 4.39 Å². The number of esters is 1. The van der Waals surface area contributed by atoms with Gasteiger partial charge >= 0.3 is 12.1 Å². The lowest BCUT2D eigenvalue weighted by Gasteiger charge is -2.09. The summed E-state index contributed by atoms with van der Waals surface area (Å²) in [4.78, 5) is 9.64. The molecule has 0 saturated carbocycles. The van der Waals surface area contributed by atoms with Crippen LogP contribution in [0.4, 0.5) is 13.2 Å². The van der Waals surface area contributed by atoms with Crippen molar-refractivity contribution < 1.29 is 22.7 Å². The van der Waals surface area contributed by atoms with Gasteiger partial charge in [-0.3, -0.25) is 4.79 Å². The van der Waals surface area contributed by atoms with Crippen LogP contribution in [0.25, 0.3) is 0 Å². The van der Waals surface area contributed by atoms with Crippen LogP contribution in [-0.2, 0) is 9.53 Å². The van der Waals surface area contributed by atoms with Crippen molar-refractivity contribution in [1.82, 2.24) is 0 Å². The maximum absolute atomic E-state index is 11.5. The number of rotatable bonds is 2. The third-order valence-corrected chi connectivity index (χ3v) is 0.419. The van der Waals surface area contributed by atoms with Gasteiger partial charge < -0.3 is 4.74 Å². The molecular weight excluding hydrogens is 137 g/mol. The molecule has 0 rings (SSSR count). The second-order valence-electron chi connectivity index (χ2n) is 1.25. The van der Waals surface area contributed by atoms with Gasteiger partial charge in [0.15, 0.2) is 6.67 Å². The highest BCUT2D eigenvalue weighted by atomic mass is 19.3. The molecule has 0 bridgehead atoms. The third-order valence-electron chi connectivity index (χ3n) is 0.419. The van der Waals surface area contributed by atoms with Gasteiger partial charge in [0.25, 0.3) is 0 Å². The Hall–Kier alpha value is -0.740. The summed E-state index contributed by atoms with van der Waals surface area (Å²) in [6.45, 7) is 0.444. The molecule has 0 amide bonds. The second kappa shape index (κ2) is 2.70. The van der Waals surface area contributed by atoms with Gasteiger partial charge in [0.2, 0.25) is 0 Å². The summed E-state index contributed by atoms with van der Waals surface area (Å²) in [7, 11) is 0. The minimum Gasteiger partial charge on any atom is -0.399 e. The molecule has 1 radical (unpaired) electrons. The normalized spacial score (nSPS) is 11.1. The average molecular weight is 141 g/mol. The maximum Gasteiger partial charge on any atom is 0.429 e. The van der Waals surface area contributed by atoms with Crippen molar-refractivity contribution in [1.29, 1.82) is 0 Å². The molecule has 0 saturated heterocycles. The van der Waals surface area contributed by atoms with E-state index in [0.717, 1.165) is 0 Å². The number of carbonyl (C=O) groups is 1. The van der Waals surface area contributed by atoms with Crippen molar-refractivity contribution in [3.8, 4) is 0 Å². The summed E-state index contributed by atoms with van der Waals surface area (Å²) in [5, 5.41) is 0. The van der Waals surface area contributed by atoms with E-state index in [1.165, 1.54) is 0 Å². The molecule has 0 aromatic carbocycles. The molecule has 9 heavy (non-hydrogen) atoms. The lowest BCUT2D eigenvalue weighted by atomic mass is 10.7. The summed E-state index contributed by atoms with van der Waals surface area (Å²) >= 11 is 0. The zero-order chi connectivity index (χ0) is 7.49. The van der Waals surface area contributed by atoms with Gasteiger partial charge in [-0.15, -0.1) is 0 Å². The largest absolute Gasteiger partial charge is 0.429 e. The molecule has 2 nitrogen and oxygen atoms in total. The quantitative estimate of drug-likeness (QED) is 0.534. The van der Waals surface area contributed by atoms with Crippen LogP contribution < -0.4 is 0 Å². The van der Waals surface area contributed by atoms with E-state index < -0.39 is 18.8 Å². The molecule has 0 heterocycles. The van der Waals surface area contributed by atoms with E-state index in [4.69, 9.17) is 0 Å². The van der Waals surface area contributed by atoms with E-state index in [9.17, 15) is 18.0 Å². The van der Waals surface area contributed by atoms with E-state index in [2.05, 4.69) is 11.7 Å². The van der Waals surface area contributed by atoms with Crippen LogP contribution in [0.15, 0.2) is 0 Å². The van der Waals surface area contributed by atoms with Crippen LogP contribution in [-0.4, -0.2) is 18.8 Å². The van der Waals surface area contributed by atoms with Crippen LogP contribution in [0.2, 0.25) is 0 Å². The molecule has 0 spiro atoms. The topological polar surface area (TPSA) is 26.3 Å². The Morgan fingerprint density at radius 3 is 2.22 bits per heavy atom. The minimum atomic E-state index is -4.02. The Labute approximate surface area is 49.6 Å². The van der Waals surface area contributed by atoms with E-state index in [-0.39, 0.29) is 0 Å². The SMILES string of the molecule is [CH2]C(=O)OC(F)(F)CF. The summed E-state index contributed by atoms with van der Waals surface area (Å²) in [5.74, 6) is -1.45. The van der Waals surface area contributed by atoms with Gasteiger partial charge in [-0.2, -0.15) is 8.78 Å². The highest BCUT2D eigenvalue weighted by Crippen LogP contribution is 2.14. The van der Waals surface area contributed by atoms with Crippen LogP contribution in [0, 0.1) is 6.92 Å². The molecule has 0 unspecified atom stereocenters. The molecule has 0 fully saturated rings. The number of hydrogen-bond donors (Lipinski definition) is 0. The first-order valence-corrected chi connectivity index (χ1v) is 1.96. The summed E-state index contributed by atoms with van der Waals surface area (Å²) in [5.41, 5.74) is 0. The van der Waals surface area contributed by atoms with Crippen molar-refractivity contribution in [2.75, 3.05) is 6.67 Å². The van der Waals surface area contributed by atoms with Crippen molar-refractivity contribution in [2.45, 2.75) is 6.11 Å². The Balaban J connectivity index is 3.71. The van der Waals surface area contributed by atoms with Gasteiger partial charge in [0, 0.05) is 0 Å². The number of hydrogen-bond acceptors (Lipinski definition) is 2. The fourth-order valence-electron chi connectivity index (χ4n) is 0.194. The standard InChI is InChI=1S/C4H4F3O2/c1-3(8)9-4(6,7)2-5/h1-2H2. The lowest BCUT2D eigenvalue weighted by molar-refractivity contribution is -0.234. The molecule has 0 aliphatic carbocycles. The summed E-state index contributed by atoms with van der Waals surface area (Å²) < 4.78 is 37.3.